The number of hydrogen-bond donors (Lipinski definition) is 0. The zero-order valence-electron chi connectivity index (χ0n) is 10.6. The molecular weight excluding hydrogens is 347 g/mol. The Bertz CT molecular complexity index is 651. The molecule has 0 radical (unpaired) electrons. The van der Waals surface area contributed by atoms with Gasteiger partial charge in [-0.1, -0.05) is 17.7 Å². The van der Waals surface area contributed by atoms with E-state index < -0.39 is 5.82 Å². The van der Waals surface area contributed by atoms with Gasteiger partial charge in [-0.25, -0.2) is 9.37 Å². The molecule has 1 heterocycles. The number of pyridine rings is 1. The van der Waals surface area contributed by atoms with E-state index in [0.29, 0.717) is 16.7 Å². The van der Waals surface area contributed by atoms with Crippen LogP contribution in [0.3, 0.4) is 0 Å². The second-order valence-corrected chi connectivity index (χ2v) is 5.29. The maximum absolute atomic E-state index is 13.3. The minimum absolute atomic E-state index is 0.119. The Morgan fingerprint density at radius 3 is 2.85 bits per heavy atom. The van der Waals surface area contributed by atoms with Crippen LogP contribution in [-0.2, 0) is 0 Å². The molecule has 6 heteroatoms. The third-order valence-electron chi connectivity index (χ3n) is 2.72. The molecule has 1 aromatic carbocycles. The van der Waals surface area contributed by atoms with Crippen molar-refractivity contribution in [2.75, 3.05) is 11.4 Å². The summed E-state index contributed by atoms with van der Waals surface area (Å²) < 4.78 is 13.9. The van der Waals surface area contributed by atoms with E-state index in [1.807, 2.05) is 6.92 Å². The number of benzene rings is 1. The van der Waals surface area contributed by atoms with Gasteiger partial charge in [0.2, 0.25) is 0 Å². The number of anilines is 1. The number of nitrogens with zero attached hydrogens (tertiary/aromatic N) is 2. The van der Waals surface area contributed by atoms with Crippen molar-refractivity contribution in [1.82, 2.24) is 4.98 Å². The number of halogens is 3. The van der Waals surface area contributed by atoms with Gasteiger partial charge in [0, 0.05) is 22.9 Å². The summed E-state index contributed by atoms with van der Waals surface area (Å²) in [6.45, 7) is 2.20. The monoisotopic (exact) mass is 356 g/mol. The molecule has 0 bridgehead atoms. The minimum atomic E-state index is -0.396. The van der Waals surface area contributed by atoms with Crippen molar-refractivity contribution < 1.29 is 9.18 Å². The zero-order chi connectivity index (χ0) is 14.7. The van der Waals surface area contributed by atoms with E-state index in [0.717, 1.165) is 0 Å². The highest BCUT2D eigenvalue weighted by Gasteiger charge is 2.20. The summed E-state index contributed by atoms with van der Waals surface area (Å²) in [6, 6.07) is 7.46. The Kier molecular flexibility index (Phi) is 4.73. The second-order valence-electron chi connectivity index (χ2n) is 4.02. The van der Waals surface area contributed by atoms with Gasteiger partial charge in [-0.05, 0) is 47.1 Å². The first-order valence-electron chi connectivity index (χ1n) is 5.91. The zero-order valence-corrected chi connectivity index (χ0v) is 12.9. The van der Waals surface area contributed by atoms with Gasteiger partial charge < -0.3 is 4.90 Å². The number of carbonyl (C=O) groups is 1. The molecule has 0 fully saturated rings. The fourth-order valence-electron chi connectivity index (χ4n) is 1.81. The lowest BCUT2D eigenvalue weighted by molar-refractivity contribution is 0.0988. The van der Waals surface area contributed by atoms with Gasteiger partial charge in [-0.3, -0.25) is 4.79 Å². The van der Waals surface area contributed by atoms with E-state index in [1.54, 1.807) is 18.2 Å². The standard InChI is InChI=1S/C14H11BrClFN2O/c1-2-19(11-5-3-4-10(17)7-11)14(20)12-6-9(15)8-18-13(12)16/h3-8H,2H2,1H3. The van der Waals surface area contributed by atoms with Gasteiger partial charge in [-0.15, -0.1) is 0 Å². The van der Waals surface area contributed by atoms with Crippen molar-refractivity contribution in [3.05, 3.63) is 57.5 Å². The molecule has 20 heavy (non-hydrogen) atoms. The van der Waals surface area contributed by atoms with Gasteiger partial charge in [0.05, 0.1) is 5.56 Å². The first-order chi connectivity index (χ1) is 9.52. The smallest absolute Gasteiger partial charge is 0.261 e. The molecule has 0 unspecified atom stereocenters. The Labute approximate surface area is 129 Å². The number of carbonyl (C=O) groups excluding carboxylic acids is 1. The summed E-state index contributed by atoms with van der Waals surface area (Å²) in [5.74, 6) is -0.718. The predicted octanol–water partition coefficient (Wildman–Crippen LogP) is 4.30. The van der Waals surface area contributed by atoms with Gasteiger partial charge in [0.25, 0.3) is 5.91 Å². The lowest BCUT2D eigenvalue weighted by Crippen LogP contribution is -2.31. The summed E-state index contributed by atoms with van der Waals surface area (Å²) in [4.78, 5) is 17.9. The van der Waals surface area contributed by atoms with E-state index in [1.165, 1.54) is 23.2 Å². The van der Waals surface area contributed by atoms with Crippen molar-refractivity contribution in [1.29, 1.82) is 0 Å². The molecule has 0 spiro atoms. The molecule has 104 valence electrons. The van der Waals surface area contributed by atoms with Gasteiger partial charge in [0.15, 0.2) is 0 Å². The van der Waals surface area contributed by atoms with Crippen molar-refractivity contribution in [2.45, 2.75) is 6.92 Å². The molecule has 2 rings (SSSR count). The average molecular weight is 358 g/mol. The summed E-state index contributed by atoms with van der Waals surface area (Å²) in [7, 11) is 0. The third-order valence-corrected chi connectivity index (χ3v) is 3.45. The van der Waals surface area contributed by atoms with Crippen LogP contribution in [0, 0.1) is 5.82 Å². The quantitative estimate of drug-likeness (QED) is 0.767. The maximum atomic E-state index is 13.3. The van der Waals surface area contributed by atoms with Crippen molar-refractivity contribution in [3.8, 4) is 0 Å². The molecular formula is C14H11BrClFN2O. The molecule has 1 amide bonds. The molecule has 2 aromatic rings. The van der Waals surface area contributed by atoms with E-state index >= 15 is 0 Å². The Balaban J connectivity index is 2.41. The normalized spacial score (nSPS) is 10.4. The number of amides is 1. The Morgan fingerprint density at radius 1 is 1.45 bits per heavy atom. The summed E-state index contributed by atoms with van der Waals surface area (Å²) in [5, 5.41) is 0.119. The van der Waals surface area contributed by atoms with Crippen LogP contribution in [0.1, 0.15) is 17.3 Å². The molecule has 0 saturated carbocycles. The van der Waals surface area contributed by atoms with E-state index in [9.17, 15) is 9.18 Å². The fourth-order valence-corrected chi connectivity index (χ4v) is 2.32. The molecule has 3 nitrogen and oxygen atoms in total. The third kappa shape index (κ3) is 3.16. The summed E-state index contributed by atoms with van der Waals surface area (Å²) in [5.41, 5.74) is 0.751. The largest absolute Gasteiger partial charge is 0.308 e. The maximum Gasteiger partial charge on any atom is 0.261 e. The minimum Gasteiger partial charge on any atom is -0.308 e. The first-order valence-corrected chi connectivity index (χ1v) is 7.08. The summed E-state index contributed by atoms with van der Waals surface area (Å²) in [6.07, 6.45) is 1.51. The summed E-state index contributed by atoms with van der Waals surface area (Å²) >= 11 is 9.21. The molecule has 0 aliphatic rings. The van der Waals surface area contributed by atoms with Crippen LogP contribution in [0.25, 0.3) is 0 Å². The van der Waals surface area contributed by atoms with Crippen molar-refractivity contribution >= 4 is 39.1 Å². The lowest BCUT2D eigenvalue weighted by atomic mass is 10.2. The highest BCUT2D eigenvalue weighted by atomic mass is 79.9. The Hall–Kier alpha value is -1.46. The van der Waals surface area contributed by atoms with Crippen molar-refractivity contribution in [3.63, 3.8) is 0 Å². The molecule has 1 aromatic heterocycles. The fraction of sp³-hybridized carbons (Fsp3) is 0.143. The molecule has 0 atom stereocenters. The van der Waals surface area contributed by atoms with Crippen LogP contribution in [0.2, 0.25) is 5.15 Å². The van der Waals surface area contributed by atoms with Crippen LogP contribution in [0.15, 0.2) is 41.0 Å². The second kappa shape index (κ2) is 6.33. The predicted molar refractivity (Wildman–Crippen MR) is 80.7 cm³/mol. The molecule has 0 aliphatic heterocycles. The highest BCUT2D eigenvalue weighted by Crippen LogP contribution is 2.23. The first kappa shape index (κ1) is 14.9. The molecule has 0 saturated heterocycles. The van der Waals surface area contributed by atoms with E-state index in [2.05, 4.69) is 20.9 Å². The van der Waals surface area contributed by atoms with Crippen LogP contribution in [0.4, 0.5) is 10.1 Å². The Morgan fingerprint density at radius 2 is 2.20 bits per heavy atom. The highest BCUT2D eigenvalue weighted by molar-refractivity contribution is 9.10. The van der Waals surface area contributed by atoms with Crippen LogP contribution in [-0.4, -0.2) is 17.4 Å². The lowest BCUT2D eigenvalue weighted by Gasteiger charge is -2.21. The van der Waals surface area contributed by atoms with Crippen LogP contribution in [0.5, 0.6) is 0 Å². The van der Waals surface area contributed by atoms with Crippen molar-refractivity contribution in [2.24, 2.45) is 0 Å². The van der Waals surface area contributed by atoms with Crippen LogP contribution < -0.4 is 4.90 Å². The molecule has 0 N–H and O–H groups in total. The number of rotatable bonds is 3. The SMILES string of the molecule is CCN(C(=O)c1cc(Br)cnc1Cl)c1cccc(F)c1. The topological polar surface area (TPSA) is 33.2 Å². The number of hydrogen-bond acceptors (Lipinski definition) is 2. The van der Waals surface area contributed by atoms with Crippen LogP contribution >= 0.6 is 27.5 Å². The molecule has 0 aliphatic carbocycles. The van der Waals surface area contributed by atoms with Gasteiger partial charge >= 0.3 is 0 Å². The average Bonchev–Trinajstić information content (AvgIpc) is 2.42. The van der Waals surface area contributed by atoms with E-state index in [4.69, 9.17) is 11.6 Å². The van der Waals surface area contributed by atoms with Gasteiger partial charge in [-0.2, -0.15) is 0 Å². The van der Waals surface area contributed by atoms with E-state index in [-0.39, 0.29) is 16.6 Å². The number of aromatic nitrogens is 1. The van der Waals surface area contributed by atoms with Gasteiger partial charge in [0.1, 0.15) is 11.0 Å².